The highest BCUT2D eigenvalue weighted by atomic mass is 14.9. The van der Waals surface area contributed by atoms with Gasteiger partial charge in [0.15, 0.2) is 0 Å². The van der Waals surface area contributed by atoms with Crippen molar-refractivity contribution in [3.63, 3.8) is 0 Å². The van der Waals surface area contributed by atoms with Crippen molar-refractivity contribution in [3.05, 3.63) is 65.7 Å². The zero-order chi connectivity index (χ0) is 14.5. The van der Waals surface area contributed by atoms with Crippen molar-refractivity contribution in [2.24, 2.45) is 5.92 Å². The van der Waals surface area contributed by atoms with Crippen LogP contribution in [-0.2, 0) is 0 Å². The lowest BCUT2D eigenvalue weighted by Crippen LogP contribution is -2.16. The van der Waals surface area contributed by atoms with E-state index in [4.69, 9.17) is 0 Å². The van der Waals surface area contributed by atoms with Crippen LogP contribution in [-0.4, -0.2) is 0 Å². The lowest BCUT2D eigenvalue weighted by molar-refractivity contribution is 0.546. The van der Waals surface area contributed by atoms with Gasteiger partial charge in [0, 0.05) is 5.69 Å². The summed E-state index contributed by atoms with van der Waals surface area (Å²) >= 11 is 0. The second kappa shape index (κ2) is 6.60. The van der Waals surface area contributed by atoms with Gasteiger partial charge in [-0.05, 0) is 35.1 Å². The number of anilines is 1. The molecule has 0 radical (unpaired) electrons. The normalized spacial score (nSPS) is 12.7. The molecule has 0 aliphatic heterocycles. The first-order valence-electron chi connectivity index (χ1n) is 7.49. The highest BCUT2D eigenvalue weighted by molar-refractivity contribution is 5.48. The molecule has 1 atom stereocenters. The van der Waals surface area contributed by atoms with E-state index in [1.807, 2.05) is 0 Å². The molecule has 1 N–H and O–H groups in total. The van der Waals surface area contributed by atoms with E-state index < -0.39 is 0 Å². The van der Waals surface area contributed by atoms with E-state index in [0.29, 0.717) is 17.9 Å². The van der Waals surface area contributed by atoms with E-state index in [-0.39, 0.29) is 0 Å². The van der Waals surface area contributed by atoms with Gasteiger partial charge in [0.25, 0.3) is 0 Å². The van der Waals surface area contributed by atoms with Crippen LogP contribution < -0.4 is 5.32 Å². The van der Waals surface area contributed by atoms with Gasteiger partial charge in [-0.1, -0.05) is 70.2 Å². The molecule has 0 saturated heterocycles. The van der Waals surface area contributed by atoms with Crippen LogP contribution in [0.25, 0.3) is 0 Å². The third-order valence-electron chi connectivity index (χ3n) is 3.70. The molecule has 20 heavy (non-hydrogen) atoms. The number of benzene rings is 2. The molecular formula is C19H25N. The summed E-state index contributed by atoms with van der Waals surface area (Å²) < 4.78 is 0. The van der Waals surface area contributed by atoms with Crippen molar-refractivity contribution in [2.45, 2.75) is 39.7 Å². The van der Waals surface area contributed by atoms with Crippen molar-refractivity contribution in [1.29, 1.82) is 0 Å². The summed E-state index contributed by atoms with van der Waals surface area (Å²) in [5.41, 5.74) is 3.93. The van der Waals surface area contributed by atoms with E-state index in [2.05, 4.69) is 87.6 Å². The van der Waals surface area contributed by atoms with Crippen molar-refractivity contribution in [3.8, 4) is 0 Å². The van der Waals surface area contributed by atoms with Crippen LogP contribution in [0.1, 0.15) is 50.8 Å². The monoisotopic (exact) mass is 267 g/mol. The highest BCUT2D eigenvalue weighted by Crippen LogP contribution is 2.27. The molecule has 0 saturated carbocycles. The number of rotatable bonds is 5. The maximum absolute atomic E-state index is 3.69. The van der Waals surface area contributed by atoms with Gasteiger partial charge < -0.3 is 5.32 Å². The van der Waals surface area contributed by atoms with E-state index in [1.54, 1.807) is 0 Å². The van der Waals surface area contributed by atoms with E-state index in [9.17, 15) is 0 Å². The Morgan fingerprint density at radius 2 is 1.40 bits per heavy atom. The van der Waals surface area contributed by atoms with Crippen LogP contribution in [0.2, 0.25) is 0 Å². The van der Waals surface area contributed by atoms with Crippen molar-refractivity contribution in [2.75, 3.05) is 5.32 Å². The Kier molecular flexibility index (Phi) is 4.84. The van der Waals surface area contributed by atoms with Gasteiger partial charge in [0.05, 0.1) is 6.04 Å². The van der Waals surface area contributed by atoms with Crippen LogP contribution in [0.3, 0.4) is 0 Å². The van der Waals surface area contributed by atoms with Crippen LogP contribution in [0.15, 0.2) is 54.6 Å². The predicted octanol–water partition coefficient (Wildman–Crippen LogP) is 5.62. The van der Waals surface area contributed by atoms with Crippen LogP contribution >= 0.6 is 0 Å². The summed E-state index contributed by atoms with van der Waals surface area (Å²) in [7, 11) is 0. The molecule has 0 spiro atoms. The predicted molar refractivity (Wildman–Crippen MR) is 88.2 cm³/mol. The quantitative estimate of drug-likeness (QED) is 0.741. The summed E-state index contributed by atoms with van der Waals surface area (Å²) in [6.45, 7) is 8.99. The first kappa shape index (κ1) is 14.6. The SMILES string of the molecule is CC(C)c1cccc(NC(c2ccccc2)C(C)C)c1. The van der Waals surface area contributed by atoms with Crippen LogP contribution in [0, 0.1) is 5.92 Å². The van der Waals surface area contributed by atoms with Crippen molar-refractivity contribution < 1.29 is 0 Å². The minimum atomic E-state index is 0.346. The second-order valence-corrected chi connectivity index (χ2v) is 6.06. The zero-order valence-electron chi connectivity index (χ0n) is 12.9. The molecule has 0 aromatic heterocycles. The summed E-state index contributed by atoms with van der Waals surface area (Å²) in [5.74, 6) is 1.10. The number of hydrogen-bond donors (Lipinski definition) is 1. The van der Waals surface area contributed by atoms with Gasteiger partial charge in [0.2, 0.25) is 0 Å². The fourth-order valence-electron chi connectivity index (χ4n) is 2.46. The lowest BCUT2D eigenvalue weighted by atomic mass is 9.95. The third kappa shape index (κ3) is 3.63. The maximum atomic E-state index is 3.69. The van der Waals surface area contributed by atoms with Gasteiger partial charge in [-0.2, -0.15) is 0 Å². The molecule has 1 unspecified atom stereocenters. The summed E-state index contributed by atoms with van der Waals surface area (Å²) in [6.07, 6.45) is 0. The van der Waals surface area contributed by atoms with Crippen LogP contribution in [0.4, 0.5) is 5.69 Å². The fourth-order valence-corrected chi connectivity index (χ4v) is 2.46. The molecule has 0 aliphatic carbocycles. The Labute approximate surface area is 123 Å². The molecule has 0 heterocycles. The molecular weight excluding hydrogens is 242 g/mol. The van der Waals surface area contributed by atoms with Crippen molar-refractivity contribution in [1.82, 2.24) is 0 Å². The molecule has 106 valence electrons. The molecule has 2 rings (SSSR count). The van der Waals surface area contributed by atoms with Crippen LogP contribution in [0.5, 0.6) is 0 Å². The second-order valence-electron chi connectivity index (χ2n) is 6.06. The summed E-state index contributed by atoms with van der Waals surface area (Å²) in [4.78, 5) is 0. The molecule has 0 bridgehead atoms. The van der Waals surface area contributed by atoms with E-state index in [0.717, 1.165) is 0 Å². The van der Waals surface area contributed by atoms with Gasteiger partial charge >= 0.3 is 0 Å². The number of hydrogen-bond acceptors (Lipinski definition) is 1. The molecule has 0 aliphatic rings. The fraction of sp³-hybridized carbons (Fsp3) is 0.368. The molecule has 2 aromatic rings. The average molecular weight is 267 g/mol. The standard InChI is InChI=1S/C19H25N/c1-14(2)17-11-8-12-18(13-17)20-19(15(3)4)16-9-6-5-7-10-16/h5-15,19-20H,1-4H3. The lowest BCUT2D eigenvalue weighted by Gasteiger charge is -2.24. The van der Waals surface area contributed by atoms with E-state index in [1.165, 1.54) is 16.8 Å². The Balaban J connectivity index is 2.23. The minimum absolute atomic E-state index is 0.346. The smallest absolute Gasteiger partial charge is 0.0536 e. The van der Waals surface area contributed by atoms with Crippen molar-refractivity contribution >= 4 is 5.69 Å². The largest absolute Gasteiger partial charge is 0.378 e. The number of nitrogens with one attached hydrogen (secondary N) is 1. The Hall–Kier alpha value is -1.76. The minimum Gasteiger partial charge on any atom is -0.378 e. The Morgan fingerprint density at radius 3 is 2.00 bits per heavy atom. The molecule has 1 heteroatoms. The summed E-state index contributed by atoms with van der Waals surface area (Å²) in [5, 5.41) is 3.69. The van der Waals surface area contributed by atoms with Gasteiger partial charge in [-0.25, -0.2) is 0 Å². The first-order chi connectivity index (χ1) is 9.58. The average Bonchev–Trinajstić information content (AvgIpc) is 2.45. The Morgan fingerprint density at radius 1 is 0.750 bits per heavy atom. The maximum Gasteiger partial charge on any atom is 0.0536 e. The first-order valence-corrected chi connectivity index (χ1v) is 7.49. The molecule has 0 amide bonds. The Bertz CT molecular complexity index is 528. The topological polar surface area (TPSA) is 12.0 Å². The van der Waals surface area contributed by atoms with Gasteiger partial charge in [-0.3, -0.25) is 0 Å². The van der Waals surface area contributed by atoms with E-state index >= 15 is 0 Å². The third-order valence-corrected chi connectivity index (χ3v) is 3.70. The molecule has 2 aromatic carbocycles. The van der Waals surface area contributed by atoms with Gasteiger partial charge in [-0.15, -0.1) is 0 Å². The molecule has 0 fully saturated rings. The summed E-state index contributed by atoms with van der Waals surface area (Å²) in [6, 6.07) is 19.8. The molecule has 1 nitrogen and oxygen atoms in total. The van der Waals surface area contributed by atoms with Gasteiger partial charge in [0.1, 0.15) is 0 Å². The zero-order valence-corrected chi connectivity index (χ0v) is 12.9. The highest BCUT2D eigenvalue weighted by Gasteiger charge is 2.15.